The maximum Gasteiger partial charge on any atom is 0.426 e. The third kappa shape index (κ3) is 45.4. The first-order valence-electron chi connectivity index (χ1n) is 25.7. The van der Waals surface area contributed by atoms with Gasteiger partial charge in [0.05, 0.1) is 56.9 Å². The second-order valence-corrected chi connectivity index (χ2v) is 15.3. The molecule has 0 unspecified atom stereocenters. The molecule has 0 heterocycles. The minimum Gasteiger partial charge on any atom is -0.867 e. The van der Waals surface area contributed by atoms with Crippen molar-refractivity contribution >= 4 is 75.1 Å². The van der Waals surface area contributed by atoms with Crippen LogP contribution in [0.15, 0.2) is 194 Å². The lowest BCUT2D eigenvalue weighted by Crippen LogP contribution is -2.39. The number of hydrogen-bond donors (Lipinski definition) is 0. The second-order valence-electron chi connectivity index (χ2n) is 15.3. The van der Waals surface area contributed by atoms with Crippen LogP contribution in [-0.4, -0.2) is 86.5 Å². The molecule has 0 amide bonds. The van der Waals surface area contributed by atoms with Gasteiger partial charge < -0.3 is 95.3 Å². The van der Waals surface area contributed by atoms with Gasteiger partial charge in [0, 0.05) is 48.5 Å². The highest BCUT2D eigenvalue weighted by molar-refractivity contribution is 6.27. The summed E-state index contributed by atoms with van der Waals surface area (Å²) in [6.07, 6.45) is 0. The first-order valence-corrected chi connectivity index (χ1v) is 25.7. The van der Waals surface area contributed by atoms with Crippen molar-refractivity contribution in [3.05, 3.63) is 234 Å². The molecular formula is C56H56B4F4N16O16. The predicted octanol–water partition coefficient (Wildman–Crippen LogP) is 8.08. The highest BCUT2D eigenvalue weighted by Gasteiger charge is 2.16. The summed E-state index contributed by atoms with van der Waals surface area (Å²) in [5.74, 6) is 4.59. The van der Waals surface area contributed by atoms with Crippen LogP contribution in [0.3, 0.4) is 0 Å². The molecule has 40 heteroatoms. The summed E-state index contributed by atoms with van der Waals surface area (Å²) in [5.41, 5.74) is 3.59. The van der Waals surface area contributed by atoms with Gasteiger partial charge in [0.1, 0.15) is 29.6 Å². The lowest BCUT2D eigenvalue weighted by molar-refractivity contribution is -0.368. The number of nitrogens with zero attached hydrogens (tertiary/aromatic N) is 16. The van der Waals surface area contributed by atoms with Crippen molar-refractivity contribution in [1.29, 1.82) is 43.1 Å². The monoisotopic (exact) mass is 1330 g/mol. The molecule has 0 atom stereocenters. The molecule has 0 spiro atoms. The summed E-state index contributed by atoms with van der Waals surface area (Å²) in [7, 11) is -0.413. The zero-order chi connectivity index (χ0) is 73.5. The van der Waals surface area contributed by atoms with Gasteiger partial charge in [-0.25, -0.2) is 0 Å². The van der Waals surface area contributed by atoms with Crippen LogP contribution in [0.5, 0.6) is 46.0 Å². The molecule has 96 heavy (non-hydrogen) atoms. The van der Waals surface area contributed by atoms with Gasteiger partial charge >= 0.3 is 45.5 Å². The molecule has 0 radical (unpaired) electrons. The van der Waals surface area contributed by atoms with E-state index in [-0.39, 0.29) is 0 Å². The number of ether oxygens (including phenoxy) is 8. The molecular weight excluding hydrogens is 1270 g/mol. The summed E-state index contributed by atoms with van der Waals surface area (Å²) < 4.78 is 78.6. The van der Waals surface area contributed by atoms with E-state index in [1.807, 2.05) is 48.5 Å². The minimum atomic E-state index is -3.17. The summed E-state index contributed by atoms with van der Waals surface area (Å²) >= 11 is 0. The first-order chi connectivity index (χ1) is 46.0. The van der Waals surface area contributed by atoms with Crippen LogP contribution in [0.4, 0.5) is 62.8 Å². The maximum atomic E-state index is 9.89. The number of benzene rings is 8. The number of methoxy groups -OCH3 is 8. The SMILES string of the molecule is COc1ccccc1[N+]#N.COc1ccccc1[N+]#N.COc1ccccc1[N+]#N.COc1ccccc1[N+]#N.COc1ccccc1[N+]#N.COc1ccccc1[N+]#N.COc1ccccc1[N+]#N.COc1ccccc1[N+]#N.[O-]B([O-])F.[O-]B([O-])F.[O-]B([O-])F.[O-]B([O-])F. The van der Waals surface area contributed by atoms with Gasteiger partial charge in [-0.05, 0) is 48.5 Å². The summed E-state index contributed by atoms with van der Waals surface area (Å²) in [6.45, 7) is 0. The zero-order valence-electron chi connectivity index (χ0n) is 52.0. The minimum absolute atomic E-state index is 0.449. The molecule has 8 rings (SSSR count). The number of halogens is 4. The molecule has 0 N–H and O–H groups in total. The van der Waals surface area contributed by atoms with Crippen molar-refractivity contribution in [3.8, 4) is 46.0 Å². The van der Waals surface area contributed by atoms with Crippen molar-refractivity contribution in [2.45, 2.75) is 0 Å². The third-order valence-electron chi connectivity index (χ3n) is 9.54. The molecule has 0 bridgehead atoms. The van der Waals surface area contributed by atoms with Crippen LogP contribution < -0.4 is 78.1 Å². The van der Waals surface area contributed by atoms with Crippen molar-refractivity contribution in [1.82, 2.24) is 0 Å². The Hall–Kier alpha value is -12.8. The van der Waals surface area contributed by atoms with Gasteiger partial charge in [-0.2, -0.15) is 0 Å². The third-order valence-corrected chi connectivity index (χ3v) is 9.54. The smallest absolute Gasteiger partial charge is 0.426 e. The lowest BCUT2D eigenvalue weighted by Gasteiger charge is -2.09. The van der Waals surface area contributed by atoms with Crippen LogP contribution in [0, 0.1) is 43.1 Å². The largest absolute Gasteiger partial charge is 0.867 e. The van der Waals surface area contributed by atoms with E-state index >= 15 is 0 Å². The van der Waals surface area contributed by atoms with Crippen molar-refractivity contribution in [3.63, 3.8) is 0 Å². The van der Waals surface area contributed by atoms with E-state index in [4.69, 9.17) is 121 Å². The fraction of sp³-hybridized carbons (Fsp3) is 0.143. The van der Waals surface area contributed by atoms with Gasteiger partial charge in [0.25, 0.3) is 0 Å². The summed E-state index contributed by atoms with van der Waals surface area (Å²) in [4.78, 5) is 24.1. The van der Waals surface area contributed by atoms with Crippen LogP contribution in [0.1, 0.15) is 0 Å². The zero-order valence-corrected chi connectivity index (χ0v) is 52.0. The average molecular weight is 1330 g/mol. The number of rotatable bonds is 8. The van der Waals surface area contributed by atoms with Gasteiger partial charge in [0.2, 0.25) is 89.1 Å². The average Bonchev–Trinajstić information content (AvgIpc) is 3.51. The highest BCUT2D eigenvalue weighted by atomic mass is 19.1. The van der Waals surface area contributed by atoms with E-state index in [9.17, 15) is 17.3 Å². The Morgan fingerprint density at radius 1 is 0.208 bits per heavy atom. The maximum absolute atomic E-state index is 9.89. The highest BCUT2D eigenvalue weighted by Crippen LogP contribution is 2.30. The topological polar surface area (TPSA) is 484 Å². The first kappa shape index (κ1) is 89.6. The molecule has 0 aliphatic carbocycles. The van der Waals surface area contributed by atoms with Crippen molar-refractivity contribution in [2.24, 2.45) is 0 Å². The van der Waals surface area contributed by atoms with Crippen molar-refractivity contribution < 1.29 is 95.3 Å². The predicted molar refractivity (Wildman–Crippen MR) is 329 cm³/mol. The molecule has 0 aromatic heterocycles. The van der Waals surface area contributed by atoms with E-state index in [1.54, 1.807) is 146 Å². The fourth-order valence-corrected chi connectivity index (χ4v) is 5.70. The Balaban J connectivity index is -0.000000488. The molecule has 0 fully saturated rings. The molecule has 0 saturated heterocycles. The standard InChI is InChI=1S/8C7H7N2O.4BFO2/c8*1-10-7-5-3-2-4-6(7)9-8;4*2-1(3)4/h8*2-5H,1H3;;;;/q8*+1;4*-2. The Morgan fingerprint density at radius 3 is 0.333 bits per heavy atom. The van der Waals surface area contributed by atoms with E-state index in [2.05, 4.69) is 39.8 Å². The van der Waals surface area contributed by atoms with E-state index in [1.165, 1.54) is 56.9 Å². The normalized spacial score (nSPS) is 8.12. The second kappa shape index (κ2) is 59.8. The Morgan fingerprint density at radius 2 is 0.281 bits per heavy atom. The molecule has 496 valence electrons. The van der Waals surface area contributed by atoms with E-state index in [0.29, 0.717) is 91.5 Å². The van der Waals surface area contributed by atoms with Gasteiger partial charge in [0.15, 0.2) is 39.8 Å². The van der Waals surface area contributed by atoms with Crippen molar-refractivity contribution in [2.75, 3.05) is 56.9 Å². The molecule has 8 aromatic rings. The Bertz CT molecular complexity index is 3060. The van der Waals surface area contributed by atoms with Gasteiger partial charge in [-0.3, -0.25) is 0 Å². The Labute approximate surface area is 548 Å². The van der Waals surface area contributed by atoms with E-state index < -0.39 is 29.6 Å². The molecule has 0 saturated carbocycles. The number of hydrogen-bond acceptors (Lipinski definition) is 24. The molecule has 0 aliphatic rings. The molecule has 32 nitrogen and oxygen atoms in total. The molecule has 0 aliphatic heterocycles. The van der Waals surface area contributed by atoms with Crippen LogP contribution in [0.25, 0.3) is 39.8 Å². The number of diazo groups is 8. The van der Waals surface area contributed by atoms with Gasteiger partial charge in [-0.1, -0.05) is 97.1 Å². The lowest BCUT2D eigenvalue weighted by atomic mass is 10.3. The van der Waals surface area contributed by atoms with Crippen LogP contribution in [0.2, 0.25) is 0 Å². The van der Waals surface area contributed by atoms with Gasteiger partial charge in [-0.15, -0.1) is 0 Å². The molecule has 8 aromatic carbocycles. The summed E-state index contributed by atoms with van der Waals surface area (Å²) in [6, 6.07) is 55.9. The van der Waals surface area contributed by atoms with E-state index in [0.717, 1.165) is 0 Å². The fourth-order valence-electron chi connectivity index (χ4n) is 5.70. The summed E-state index contributed by atoms with van der Waals surface area (Å²) in [5, 5.41) is 134. The van der Waals surface area contributed by atoms with Crippen LogP contribution in [-0.2, 0) is 0 Å². The quantitative estimate of drug-likeness (QED) is 0.0787. The number of para-hydroxylation sites is 8. The Kier molecular flexibility index (Phi) is 55.8. The van der Waals surface area contributed by atoms with Crippen LogP contribution >= 0.6 is 0 Å².